The number of nitrogens with zero attached hydrogens (tertiary/aromatic N) is 2. The highest BCUT2D eigenvalue weighted by molar-refractivity contribution is 6.03. The summed E-state index contributed by atoms with van der Waals surface area (Å²) in [6.07, 6.45) is 1.46. The summed E-state index contributed by atoms with van der Waals surface area (Å²) in [6.45, 7) is 1.72. The summed E-state index contributed by atoms with van der Waals surface area (Å²) in [5.41, 5.74) is 1.51. The zero-order valence-corrected chi connectivity index (χ0v) is 9.10. The van der Waals surface area contributed by atoms with Gasteiger partial charge in [-0.25, -0.2) is 0 Å². The van der Waals surface area contributed by atoms with Gasteiger partial charge < -0.3 is 9.84 Å². The molecule has 0 fully saturated rings. The number of aromatic nitrogens is 1. The molecule has 0 aliphatic heterocycles. The van der Waals surface area contributed by atoms with Crippen LogP contribution in [-0.2, 0) is 0 Å². The molecule has 0 radical (unpaired) electrons. The van der Waals surface area contributed by atoms with Crippen LogP contribution < -0.4 is 5.32 Å². The SMILES string of the molecule is Cc1cnoc1C(=O)Nc1ccccc1C#N. The van der Waals surface area contributed by atoms with Gasteiger partial charge in [-0.3, -0.25) is 4.79 Å². The van der Waals surface area contributed by atoms with Crippen LogP contribution in [0.2, 0.25) is 0 Å². The number of anilines is 1. The zero-order valence-electron chi connectivity index (χ0n) is 9.10. The van der Waals surface area contributed by atoms with Crippen LogP contribution in [0.1, 0.15) is 21.7 Å². The highest BCUT2D eigenvalue weighted by Crippen LogP contribution is 2.16. The molecule has 1 heterocycles. The summed E-state index contributed by atoms with van der Waals surface area (Å²) in [7, 11) is 0. The first kappa shape index (κ1) is 10.9. The molecule has 84 valence electrons. The summed E-state index contributed by atoms with van der Waals surface area (Å²) < 4.78 is 4.83. The fraction of sp³-hybridized carbons (Fsp3) is 0.0833. The number of amides is 1. The normalized spacial score (nSPS) is 9.65. The second kappa shape index (κ2) is 4.49. The van der Waals surface area contributed by atoms with Gasteiger partial charge in [0.25, 0.3) is 5.91 Å². The van der Waals surface area contributed by atoms with Gasteiger partial charge in [0.1, 0.15) is 6.07 Å². The molecule has 1 aromatic heterocycles. The molecule has 0 aliphatic carbocycles. The maximum Gasteiger partial charge on any atom is 0.294 e. The molecule has 17 heavy (non-hydrogen) atoms. The third-order valence-corrected chi connectivity index (χ3v) is 2.25. The lowest BCUT2D eigenvalue weighted by Crippen LogP contribution is -2.13. The van der Waals surface area contributed by atoms with E-state index in [1.165, 1.54) is 6.20 Å². The molecule has 5 nitrogen and oxygen atoms in total. The van der Waals surface area contributed by atoms with E-state index < -0.39 is 5.91 Å². The minimum absolute atomic E-state index is 0.151. The quantitative estimate of drug-likeness (QED) is 0.852. The Labute approximate surface area is 97.7 Å². The number of benzene rings is 1. The zero-order chi connectivity index (χ0) is 12.3. The third kappa shape index (κ3) is 2.16. The van der Waals surface area contributed by atoms with Crippen molar-refractivity contribution >= 4 is 11.6 Å². The van der Waals surface area contributed by atoms with Crippen molar-refractivity contribution in [2.45, 2.75) is 6.92 Å². The molecule has 0 unspecified atom stereocenters. The molecular formula is C12H9N3O2. The van der Waals surface area contributed by atoms with Crippen LogP contribution in [0.3, 0.4) is 0 Å². The number of para-hydroxylation sites is 1. The first-order valence-corrected chi connectivity index (χ1v) is 4.94. The Balaban J connectivity index is 2.26. The average Bonchev–Trinajstić information content (AvgIpc) is 2.76. The van der Waals surface area contributed by atoms with Gasteiger partial charge in [0.15, 0.2) is 0 Å². The smallest absolute Gasteiger partial charge is 0.294 e. The van der Waals surface area contributed by atoms with E-state index in [-0.39, 0.29) is 5.76 Å². The van der Waals surface area contributed by atoms with E-state index >= 15 is 0 Å². The molecule has 0 atom stereocenters. The van der Waals surface area contributed by atoms with E-state index in [0.717, 1.165) is 0 Å². The second-order valence-corrected chi connectivity index (χ2v) is 3.45. The lowest BCUT2D eigenvalue weighted by atomic mass is 10.2. The van der Waals surface area contributed by atoms with Crippen LogP contribution in [0.15, 0.2) is 35.0 Å². The van der Waals surface area contributed by atoms with E-state index in [1.54, 1.807) is 31.2 Å². The Morgan fingerprint density at radius 3 is 2.88 bits per heavy atom. The average molecular weight is 227 g/mol. The number of rotatable bonds is 2. The molecule has 0 saturated heterocycles. The third-order valence-electron chi connectivity index (χ3n) is 2.25. The van der Waals surface area contributed by atoms with Crippen molar-refractivity contribution in [3.63, 3.8) is 0 Å². The molecule has 0 spiro atoms. The summed E-state index contributed by atoms with van der Waals surface area (Å²) >= 11 is 0. The van der Waals surface area contributed by atoms with Crippen molar-refractivity contribution < 1.29 is 9.32 Å². The number of carbonyl (C=O) groups is 1. The van der Waals surface area contributed by atoms with Crippen LogP contribution in [0.5, 0.6) is 0 Å². The topological polar surface area (TPSA) is 78.9 Å². The Bertz CT molecular complexity index is 596. The number of nitrogens with one attached hydrogen (secondary N) is 1. The number of aryl methyl sites for hydroxylation is 1. The number of hydrogen-bond acceptors (Lipinski definition) is 4. The minimum Gasteiger partial charge on any atom is -0.351 e. The fourth-order valence-electron chi connectivity index (χ4n) is 1.38. The van der Waals surface area contributed by atoms with E-state index in [0.29, 0.717) is 16.8 Å². The van der Waals surface area contributed by atoms with Gasteiger partial charge in [-0.1, -0.05) is 17.3 Å². The van der Waals surface area contributed by atoms with Gasteiger partial charge in [0.05, 0.1) is 17.4 Å². The molecule has 0 bridgehead atoms. The highest BCUT2D eigenvalue weighted by atomic mass is 16.5. The van der Waals surface area contributed by atoms with Gasteiger partial charge in [-0.2, -0.15) is 5.26 Å². The molecule has 2 rings (SSSR count). The van der Waals surface area contributed by atoms with Crippen LogP contribution in [-0.4, -0.2) is 11.1 Å². The maximum atomic E-state index is 11.8. The Kier molecular flexibility index (Phi) is 2.88. The van der Waals surface area contributed by atoms with Crippen LogP contribution in [0.25, 0.3) is 0 Å². The Morgan fingerprint density at radius 2 is 2.24 bits per heavy atom. The first-order valence-electron chi connectivity index (χ1n) is 4.94. The number of nitriles is 1. The first-order chi connectivity index (χ1) is 8.22. The molecule has 1 aromatic carbocycles. The summed E-state index contributed by atoms with van der Waals surface area (Å²) in [6, 6.07) is 8.75. The highest BCUT2D eigenvalue weighted by Gasteiger charge is 2.15. The van der Waals surface area contributed by atoms with Gasteiger partial charge in [-0.15, -0.1) is 0 Å². The van der Waals surface area contributed by atoms with Crippen molar-refractivity contribution in [1.29, 1.82) is 5.26 Å². The summed E-state index contributed by atoms with van der Waals surface area (Å²) in [5, 5.41) is 15.0. The van der Waals surface area contributed by atoms with Crippen molar-refractivity contribution in [2.24, 2.45) is 0 Å². The lowest BCUT2D eigenvalue weighted by Gasteiger charge is -2.04. The monoisotopic (exact) mass is 227 g/mol. The van der Waals surface area contributed by atoms with Crippen molar-refractivity contribution in [2.75, 3.05) is 5.32 Å². The molecule has 0 saturated carbocycles. The van der Waals surface area contributed by atoms with Crippen LogP contribution in [0, 0.1) is 18.3 Å². The second-order valence-electron chi connectivity index (χ2n) is 3.45. The number of hydrogen-bond donors (Lipinski definition) is 1. The van der Waals surface area contributed by atoms with E-state index in [1.807, 2.05) is 6.07 Å². The van der Waals surface area contributed by atoms with Gasteiger partial charge in [0, 0.05) is 5.56 Å². The van der Waals surface area contributed by atoms with Crippen molar-refractivity contribution in [3.8, 4) is 6.07 Å². The van der Waals surface area contributed by atoms with Crippen LogP contribution >= 0.6 is 0 Å². The molecule has 1 amide bonds. The number of carbonyl (C=O) groups excluding carboxylic acids is 1. The lowest BCUT2D eigenvalue weighted by molar-refractivity contribution is 0.0987. The molecule has 2 aromatic rings. The fourth-order valence-corrected chi connectivity index (χ4v) is 1.38. The minimum atomic E-state index is -0.414. The standard InChI is InChI=1S/C12H9N3O2/c1-8-7-14-17-11(8)12(16)15-10-5-3-2-4-9(10)6-13/h2-5,7H,1H3,(H,15,16). The largest absolute Gasteiger partial charge is 0.351 e. The van der Waals surface area contributed by atoms with E-state index in [9.17, 15) is 4.79 Å². The van der Waals surface area contributed by atoms with Crippen molar-refractivity contribution in [1.82, 2.24) is 5.16 Å². The Morgan fingerprint density at radius 1 is 1.47 bits per heavy atom. The van der Waals surface area contributed by atoms with E-state index in [4.69, 9.17) is 9.78 Å². The molecular weight excluding hydrogens is 218 g/mol. The predicted octanol–water partition coefficient (Wildman–Crippen LogP) is 2.11. The van der Waals surface area contributed by atoms with Crippen LogP contribution in [0.4, 0.5) is 5.69 Å². The predicted molar refractivity (Wildman–Crippen MR) is 60.4 cm³/mol. The summed E-state index contributed by atoms with van der Waals surface area (Å²) in [4.78, 5) is 11.8. The molecule has 0 aliphatic rings. The molecule has 5 heteroatoms. The van der Waals surface area contributed by atoms with Gasteiger partial charge >= 0.3 is 0 Å². The van der Waals surface area contributed by atoms with E-state index in [2.05, 4.69) is 10.5 Å². The Hall–Kier alpha value is -2.61. The van der Waals surface area contributed by atoms with Gasteiger partial charge in [0.2, 0.25) is 5.76 Å². The van der Waals surface area contributed by atoms with Crippen molar-refractivity contribution in [3.05, 3.63) is 47.3 Å². The van der Waals surface area contributed by atoms with Gasteiger partial charge in [-0.05, 0) is 19.1 Å². The maximum absolute atomic E-state index is 11.8. The summed E-state index contributed by atoms with van der Waals surface area (Å²) in [5.74, 6) is -0.263. The molecule has 1 N–H and O–H groups in total.